The van der Waals surface area contributed by atoms with Crippen molar-refractivity contribution in [1.82, 2.24) is 9.62 Å². The van der Waals surface area contributed by atoms with E-state index in [1.807, 2.05) is 7.05 Å². The van der Waals surface area contributed by atoms with Crippen LogP contribution in [0.4, 0.5) is 0 Å². The molecule has 5 nitrogen and oxygen atoms in total. The van der Waals surface area contributed by atoms with E-state index >= 15 is 0 Å². The van der Waals surface area contributed by atoms with Crippen molar-refractivity contribution in [2.24, 2.45) is 5.92 Å². The van der Waals surface area contributed by atoms with E-state index in [9.17, 15) is 8.42 Å². The van der Waals surface area contributed by atoms with Gasteiger partial charge in [-0.05, 0) is 39.3 Å². The molecule has 0 saturated carbocycles. The Morgan fingerprint density at radius 3 is 2.72 bits per heavy atom. The second-order valence-electron chi connectivity index (χ2n) is 4.75. The van der Waals surface area contributed by atoms with Gasteiger partial charge in [0.1, 0.15) is 0 Å². The quantitative estimate of drug-likeness (QED) is 0.785. The Morgan fingerprint density at radius 1 is 1.50 bits per heavy atom. The van der Waals surface area contributed by atoms with Crippen LogP contribution in [-0.2, 0) is 14.8 Å². The maximum absolute atomic E-state index is 12.1. The van der Waals surface area contributed by atoms with Gasteiger partial charge in [0.05, 0.1) is 11.9 Å². The van der Waals surface area contributed by atoms with Crippen LogP contribution in [0.2, 0.25) is 0 Å². The molecule has 0 aromatic carbocycles. The van der Waals surface area contributed by atoms with Crippen LogP contribution in [0.15, 0.2) is 0 Å². The van der Waals surface area contributed by atoms with E-state index in [-0.39, 0.29) is 24.3 Å². The summed E-state index contributed by atoms with van der Waals surface area (Å²) in [5.74, 6) is 0.511. The Morgan fingerprint density at radius 2 is 2.17 bits per heavy atom. The highest BCUT2D eigenvalue weighted by molar-refractivity contribution is 7.89. The largest absolute Gasteiger partial charge is 0.381 e. The van der Waals surface area contributed by atoms with Gasteiger partial charge in [-0.25, -0.2) is 12.7 Å². The van der Waals surface area contributed by atoms with Crippen LogP contribution in [-0.4, -0.2) is 58.4 Å². The number of hydrogen-bond acceptors (Lipinski definition) is 4. The summed E-state index contributed by atoms with van der Waals surface area (Å²) in [5, 5.41) is 3.12. The van der Waals surface area contributed by atoms with E-state index in [4.69, 9.17) is 4.74 Å². The molecule has 0 aromatic heterocycles. The van der Waals surface area contributed by atoms with E-state index in [0.29, 0.717) is 19.0 Å². The zero-order valence-corrected chi connectivity index (χ0v) is 13.0. The fraction of sp³-hybridized carbons (Fsp3) is 1.00. The lowest BCUT2D eigenvalue weighted by molar-refractivity contribution is 0.134. The molecule has 0 aromatic rings. The average molecular weight is 301 g/mol. The molecule has 1 fully saturated rings. The molecule has 2 unspecified atom stereocenters. The van der Waals surface area contributed by atoms with E-state index in [1.165, 1.54) is 0 Å². The Labute approximate surface area is 117 Å². The number of piperidine rings is 1. The minimum atomic E-state index is -3.17. The van der Waals surface area contributed by atoms with Crippen LogP contribution in [0.1, 0.15) is 19.8 Å². The fourth-order valence-corrected chi connectivity index (χ4v) is 3.99. The van der Waals surface area contributed by atoms with Gasteiger partial charge >= 0.3 is 0 Å². The number of ether oxygens (including phenoxy) is 1. The fourth-order valence-electron chi connectivity index (χ4n) is 2.20. The Hall–Kier alpha value is 0.120. The molecule has 2 atom stereocenters. The van der Waals surface area contributed by atoms with Crippen molar-refractivity contribution in [3.8, 4) is 0 Å². The van der Waals surface area contributed by atoms with Crippen LogP contribution < -0.4 is 5.32 Å². The number of rotatable bonds is 6. The molecule has 1 aliphatic rings. The van der Waals surface area contributed by atoms with Crippen LogP contribution in [0.3, 0.4) is 0 Å². The number of halogens is 1. The predicted octanol–water partition coefficient (Wildman–Crippen LogP) is 0.704. The molecular formula is C11H25ClN2O3S. The molecular weight excluding hydrogens is 276 g/mol. The highest BCUT2D eigenvalue weighted by Crippen LogP contribution is 2.19. The van der Waals surface area contributed by atoms with E-state index in [1.54, 1.807) is 18.3 Å². The minimum Gasteiger partial charge on any atom is -0.381 e. The van der Waals surface area contributed by atoms with E-state index in [2.05, 4.69) is 5.32 Å². The number of hydrogen-bond donors (Lipinski definition) is 1. The highest BCUT2D eigenvalue weighted by Gasteiger charge is 2.29. The van der Waals surface area contributed by atoms with Gasteiger partial charge < -0.3 is 10.1 Å². The Kier molecular flexibility index (Phi) is 8.38. The third-order valence-corrected chi connectivity index (χ3v) is 5.22. The first kappa shape index (κ1) is 18.1. The number of nitrogens with one attached hydrogen (secondary N) is 1. The molecule has 0 amide bonds. The average Bonchev–Trinajstić information content (AvgIpc) is 2.29. The van der Waals surface area contributed by atoms with E-state index in [0.717, 1.165) is 19.4 Å². The first-order chi connectivity index (χ1) is 7.99. The molecule has 110 valence electrons. The minimum absolute atomic E-state index is 0. The molecule has 1 rings (SSSR count). The van der Waals surface area contributed by atoms with Crippen molar-refractivity contribution in [3.63, 3.8) is 0 Å². The maximum atomic E-state index is 12.1. The topological polar surface area (TPSA) is 58.6 Å². The van der Waals surface area contributed by atoms with Crippen molar-refractivity contribution in [2.75, 3.05) is 39.5 Å². The van der Waals surface area contributed by atoms with Gasteiger partial charge in [-0.1, -0.05) is 0 Å². The first-order valence-corrected chi connectivity index (χ1v) is 7.75. The van der Waals surface area contributed by atoms with Gasteiger partial charge in [0, 0.05) is 20.2 Å². The summed E-state index contributed by atoms with van der Waals surface area (Å²) in [4.78, 5) is 0. The molecule has 0 spiro atoms. The van der Waals surface area contributed by atoms with Gasteiger partial charge in [0.25, 0.3) is 0 Å². The lowest BCUT2D eigenvalue weighted by atomic mass is 10.00. The van der Waals surface area contributed by atoms with Crippen LogP contribution in [0, 0.1) is 5.92 Å². The van der Waals surface area contributed by atoms with Gasteiger partial charge in [-0.15, -0.1) is 12.4 Å². The number of methoxy groups -OCH3 is 1. The molecule has 0 radical (unpaired) electrons. The van der Waals surface area contributed by atoms with Crippen molar-refractivity contribution < 1.29 is 13.2 Å². The first-order valence-electron chi connectivity index (χ1n) is 6.14. The van der Waals surface area contributed by atoms with Crippen molar-refractivity contribution in [1.29, 1.82) is 0 Å². The third kappa shape index (κ3) is 5.40. The maximum Gasteiger partial charge on any atom is 0.216 e. The van der Waals surface area contributed by atoms with Crippen LogP contribution >= 0.6 is 12.4 Å². The highest BCUT2D eigenvalue weighted by atomic mass is 35.5. The molecule has 18 heavy (non-hydrogen) atoms. The second-order valence-corrected chi connectivity index (χ2v) is 6.76. The Bertz CT molecular complexity index is 322. The summed E-state index contributed by atoms with van der Waals surface area (Å²) in [7, 11) is 0.280. The summed E-state index contributed by atoms with van der Waals surface area (Å²) >= 11 is 0. The predicted molar refractivity (Wildman–Crippen MR) is 75.7 cm³/mol. The lowest BCUT2D eigenvalue weighted by Crippen LogP contribution is -2.44. The lowest BCUT2D eigenvalue weighted by Gasteiger charge is -2.32. The van der Waals surface area contributed by atoms with Crippen LogP contribution in [0.5, 0.6) is 0 Å². The van der Waals surface area contributed by atoms with Crippen molar-refractivity contribution >= 4 is 22.4 Å². The van der Waals surface area contributed by atoms with Crippen molar-refractivity contribution in [2.45, 2.75) is 25.9 Å². The summed E-state index contributed by atoms with van der Waals surface area (Å²) in [6, 6.07) is 0. The number of sulfonamides is 1. The van der Waals surface area contributed by atoms with E-state index < -0.39 is 10.0 Å². The molecule has 7 heteroatoms. The zero-order valence-electron chi connectivity index (χ0n) is 11.4. The third-order valence-electron chi connectivity index (χ3n) is 3.22. The standard InChI is InChI=1S/C11H24N2O3S.ClH/c1-10(16-3)9-17(14,15)13-6-4-5-11(8-13)7-12-2;/h10-12H,4-9H2,1-3H3;1H. The van der Waals surface area contributed by atoms with Crippen molar-refractivity contribution in [3.05, 3.63) is 0 Å². The molecule has 0 bridgehead atoms. The van der Waals surface area contributed by atoms with Crippen LogP contribution in [0.25, 0.3) is 0 Å². The smallest absolute Gasteiger partial charge is 0.216 e. The molecule has 1 saturated heterocycles. The summed E-state index contributed by atoms with van der Waals surface area (Å²) in [6.07, 6.45) is 1.81. The molecule has 0 aliphatic carbocycles. The van der Waals surface area contributed by atoms with Gasteiger partial charge in [0.2, 0.25) is 10.0 Å². The SMILES string of the molecule is CNCC1CCCN(S(=O)(=O)CC(C)OC)C1.Cl. The zero-order chi connectivity index (χ0) is 12.9. The molecule has 1 aliphatic heterocycles. The number of nitrogens with zero attached hydrogens (tertiary/aromatic N) is 1. The van der Waals surface area contributed by atoms with Gasteiger partial charge in [0.15, 0.2) is 0 Å². The second kappa shape index (κ2) is 8.32. The normalized spacial score (nSPS) is 23.4. The van der Waals surface area contributed by atoms with Gasteiger partial charge in [-0.3, -0.25) is 0 Å². The molecule has 1 heterocycles. The molecule has 1 N–H and O–H groups in total. The summed E-state index contributed by atoms with van der Waals surface area (Å²) in [6.45, 7) is 3.96. The summed E-state index contributed by atoms with van der Waals surface area (Å²) in [5.41, 5.74) is 0. The summed E-state index contributed by atoms with van der Waals surface area (Å²) < 4.78 is 30.9. The van der Waals surface area contributed by atoms with Gasteiger partial charge in [-0.2, -0.15) is 0 Å². The monoisotopic (exact) mass is 300 g/mol. The Balaban J connectivity index is 0.00000289.